The zero-order valence-corrected chi connectivity index (χ0v) is 16.2. The highest BCUT2D eigenvalue weighted by atomic mass is 16.6. The Hall–Kier alpha value is -3.86. The van der Waals surface area contributed by atoms with Gasteiger partial charge in [0.1, 0.15) is 17.1 Å². The highest BCUT2D eigenvalue weighted by molar-refractivity contribution is 5.94. The molecule has 2 aromatic heterocycles. The number of terminal acetylenes is 1. The molecule has 29 heavy (non-hydrogen) atoms. The fourth-order valence-electron chi connectivity index (χ4n) is 3.11. The van der Waals surface area contributed by atoms with Gasteiger partial charge >= 0.3 is 5.69 Å². The van der Waals surface area contributed by atoms with Crippen molar-refractivity contribution in [2.75, 3.05) is 6.54 Å². The molecule has 0 aliphatic heterocycles. The number of aryl methyl sites for hydroxylation is 1. The number of aromatic nitrogens is 2. The number of amides is 1. The second-order valence-corrected chi connectivity index (χ2v) is 6.58. The summed E-state index contributed by atoms with van der Waals surface area (Å²) in [7, 11) is 0. The Balaban J connectivity index is 1.75. The minimum atomic E-state index is -0.422. The van der Waals surface area contributed by atoms with E-state index in [-0.39, 0.29) is 24.7 Å². The first-order valence-corrected chi connectivity index (χ1v) is 8.93. The first-order chi connectivity index (χ1) is 13.9. The number of furan rings is 1. The van der Waals surface area contributed by atoms with Crippen LogP contribution in [-0.2, 0) is 13.1 Å². The number of nitro groups is 1. The molecule has 8 nitrogen and oxygen atoms in total. The largest absolute Gasteiger partial charge is 0.467 e. The van der Waals surface area contributed by atoms with Crippen LogP contribution >= 0.6 is 0 Å². The van der Waals surface area contributed by atoms with E-state index in [1.54, 1.807) is 61.2 Å². The minimum Gasteiger partial charge on any atom is -0.467 e. The molecule has 1 aromatic carbocycles. The van der Waals surface area contributed by atoms with E-state index in [4.69, 9.17) is 10.8 Å². The third-order valence-electron chi connectivity index (χ3n) is 4.56. The van der Waals surface area contributed by atoms with Crippen LogP contribution in [0.1, 0.15) is 33.1 Å². The van der Waals surface area contributed by atoms with E-state index in [1.165, 1.54) is 4.90 Å². The average molecular weight is 392 g/mol. The summed E-state index contributed by atoms with van der Waals surface area (Å²) in [6.07, 6.45) is 6.95. The van der Waals surface area contributed by atoms with Crippen LogP contribution in [0.2, 0.25) is 0 Å². The van der Waals surface area contributed by atoms with Crippen molar-refractivity contribution in [1.82, 2.24) is 14.7 Å². The number of rotatable bonds is 7. The normalized spacial score (nSPS) is 10.5. The molecule has 0 bridgehead atoms. The van der Waals surface area contributed by atoms with E-state index in [0.717, 1.165) is 5.56 Å². The standard InChI is InChI=1S/C21H20N4O4/c1-4-11-23(14-19-6-5-12-29-19)21(26)18-9-7-17(8-10-18)13-24-16(3)20(25(27)28)15(2)22-24/h1,5-10,12H,11,13-14H2,2-3H3. The molecule has 0 radical (unpaired) electrons. The van der Waals surface area contributed by atoms with E-state index in [0.29, 0.717) is 29.3 Å². The smallest absolute Gasteiger partial charge is 0.312 e. The van der Waals surface area contributed by atoms with Crippen LogP contribution in [-0.4, -0.2) is 32.1 Å². The highest BCUT2D eigenvalue weighted by Crippen LogP contribution is 2.22. The van der Waals surface area contributed by atoms with Crippen molar-refractivity contribution >= 4 is 11.6 Å². The second-order valence-electron chi connectivity index (χ2n) is 6.58. The van der Waals surface area contributed by atoms with Gasteiger partial charge < -0.3 is 9.32 Å². The third-order valence-corrected chi connectivity index (χ3v) is 4.56. The van der Waals surface area contributed by atoms with E-state index in [2.05, 4.69) is 11.0 Å². The summed E-state index contributed by atoms with van der Waals surface area (Å²) < 4.78 is 6.89. The number of nitrogens with zero attached hydrogens (tertiary/aromatic N) is 4. The molecule has 148 valence electrons. The lowest BCUT2D eigenvalue weighted by Crippen LogP contribution is -2.30. The SMILES string of the molecule is C#CCN(Cc1ccco1)C(=O)c1ccc(Cn2nc(C)c([N+](=O)[O-])c2C)cc1. The molecule has 0 fully saturated rings. The molecule has 3 rings (SSSR count). The molecule has 0 saturated carbocycles. The van der Waals surface area contributed by atoms with Crippen molar-refractivity contribution in [3.05, 3.63) is 81.1 Å². The maximum Gasteiger partial charge on any atom is 0.312 e. The molecule has 1 amide bonds. The quantitative estimate of drug-likeness (QED) is 0.349. The molecule has 3 aromatic rings. The van der Waals surface area contributed by atoms with E-state index < -0.39 is 4.92 Å². The summed E-state index contributed by atoms with van der Waals surface area (Å²) in [4.78, 5) is 25.1. The maximum absolute atomic E-state index is 12.8. The predicted molar refractivity (Wildman–Crippen MR) is 106 cm³/mol. The highest BCUT2D eigenvalue weighted by Gasteiger charge is 2.22. The summed E-state index contributed by atoms with van der Waals surface area (Å²) in [5.74, 6) is 2.94. The van der Waals surface area contributed by atoms with Gasteiger partial charge in [-0.15, -0.1) is 6.42 Å². The molecule has 0 aliphatic carbocycles. The van der Waals surface area contributed by atoms with Crippen LogP contribution < -0.4 is 0 Å². The third kappa shape index (κ3) is 4.35. The van der Waals surface area contributed by atoms with E-state index >= 15 is 0 Å². The fraction of sp³-hybridized carbons (Fsp3) is 0.238. The van der Waals surface area contributed by atoms with Crippen molar-refractivity contribution in [2.45, 2.75) is 26.9 Å². The molecule has 2 heterocycles. The van der Waals surface area contributed by atoms with Crippen molar-refractivity contribution < 1.29 is 14.1 Å². The van der Waals surface area contributed by atoms with Crippen molar-refractivity contribution in [3.8, 4) is 12.3 Å². The molecule has 0 N–H and O–H groups in total. The fourth-order valence-corrected chi connectivity index (χ4v) is 3.11. The van der Waals surface area contributed by atoms with Gasteiger partial charge in [0.2, 0.25) is 0 Å². The number of carbonyl (C=O) groups is 1. The van der Waals surface area contributed by atoms with Gasteiger partial charge in [0.15, 0.2) is 0 Å². The zero-order valence-electron chi connectivity index (χ0n) is 16.2. The summed E-state index contributed by atoms with van der Waals surface area (Å²) in [5.41, 5.74) is 2.26. The van der Waals surface area contributed by atoms with Crippen LogP contribution in [0.5, 0.6) is 0 Å². The Labute approximate surface area is 167 Å². The molecule has 0 unspecified atom stereocenters. The lowest BCUT2D eigenvalue weighted by molar-refractivity contribution is -0.386. The zero-order chi connectivity index (χ0) is 21.0. The minimum absolute atomic E-state index is 0.0275. The van der Waals surface area contributed by atoms with Crippen LogP contribution in [0, 0.1) is 36.3 Å². The maximum atomic E-state index is 12.8. The molecule has 0 atom stereocenters. The van der Waals surface area contributed by atoms with Crippen molar-refractivity contribution in [2.24, 2.45) is 0 Å². The van der Waals surface area contributed by atoms with Gasteiger partial charge in [-0.3, -0.25) is 19.6 Å². The second kappa shape index (κ2) is 8.44. The Morgan fingerprint density at radius 3 is 2.59 bits per heavy atom. The van der Waals surface area contributed by atoms with Gasteiger partial charge in [0, 0.05) is 5.56 Å². The van der Waals surface area contributed by atoms with Gasteiger partial charge in [0.05, 0.1) is 30.8 Å². The van der Waals surface area contributed by atoms with Crippen molar-refractivity contribution in [1.29, 1.82) is 0 Å². The molecule has 0 saturated heterocycles. The monoisotopic (exact) mass is 392 g/mol. The predicted octanol–water partition coefficient (Wildman–Crippen LogP) is 3.33. The van der Waals surface area contributed by atoms with Gasteiger partial charge in [-0.25, -0.2) is 0 Å². The molecule has 8 heteroatoms. The number of carbonyl (C=O) groups excluding carboxylic acids is 1. The summed E-state index contributed by atoms with van der Waals surface area (Å²) in [6, 6.07) is 10.6. The van der Waals surface area contributed by atoms with Crippen LogP contribution in [0.25, 0.3) is 0 Å². The summed E-state index contributed by atoms with van der Waals surface area (Å²) >= 11 is 0. The van der Waals surface area contributed by atoms with Gasteiger partial charge in [0.25, 0.3) is 5.91 Å². The van der Waals surface area contributed by atoms with Crippen LogP contribution in [0.3, 0.4) is 0 Å². The average Bonchev–Trinajstić information content (AvgIpc) is 3.29. The van der Waals surface area contributed by atoms with Crippen LogP contribution in [0.4, 0.5) is 5.69 Å². The molecular formula is C21H20N4O4. The Bertz CT molecular complexity index is 1060. The first kappa shape index (κ1) is 19.9. The first-order valence-electron chi connectivity index (χ1n) is 8.93. The molecular weight excluding hydrogens is 372 g/mol. The molecule has 0 aliphatic rings. The van der Waals surface area contributed by atoms with Gasteiger partial charge in [-0.2, -0.15) is 5.10 Å². The molecule has 0 spiro atoms. The Kier molecular flexibility index (Phi) is 5.79. The summed E-state index contributed by atoms with van der Waals surface area (Å²) in [5, 5.41) is 15.4. The van der Waals surface area contributed by atoms with E-state index in [9.17, 15) is 14.9 Å². The van der Waals surface area contributed by atoms with Crippen LogP contribution in [0.15, 0.2) is 47.1 Å². The summed E-state index contributed by atoms with van der Waals surface area (Å²) in [6.45, 7) is 4.10. The number of hydrogen-bond donors (Lipinski definition) is 0. The number of hydrogen-bond acceptors (Lipinski definition) is 5. The topological polar surface area (TPSA) is 94.4 Å². The Morgan fingerprint density at radius 2 is 2.03 bits per heavy atom. The lowest BCUT2D eigenvalue weighted by Gasteiger charge is -2.19. The van der Waals surface area contributed by atoms with Gasteiger partial charge in [-0.05, 0) is 43.7 Å². The Morgan fingerprint density at radius 1 is 1.31 bits per heavy atom. The lowest BCUT2D eigenvalue weighted by atomic mass is 10.1. The number of benzene rings is 1. The van der Waals surface area contributed by atoms with E-state index in [1.807, 2.05) is 0 Å². The van der Waals surface area contributed by atoms with Crippen molar-refractivity contribution in [3.63, 3.8) is 0 Å². The van der Waals surface area contributed by atoms with Gasteiger partial charge in [-0.1, -0.05) is 18.1 Å².